The first-order chi connectivity index (χ1) is 7.80. The van der Waals surface area contributed by atoms with Crippen LogP contribution in [0.25, 0.3) is 0 Å². The van der Waals surface area contributed by atoms with Crippen molar-refractivity contribution >= 4 is 11.8 Å². The van der Waals surface area contributed by atoms with Crippen molar-refractivity contribution in [1.82, 2.24) is 10.6 Å². The summed E-state index contributed by atoms with van der Waals surface area (Å²) in [7, 11) is 1.56. The van der Waals surface area contributed by atoms with Crippen LogP contribution in [0.3, 0.4) is 0 Å². The number of hydrogen-bond donors (Lipinski definition) is 2. The van der Waals surface area contributed by atoms with Gasteiger partial charge in [-0.05, 0) is 25.2 Å². The van der Waals surface area contributed by atoms with E-state index in [1.165, 1.54) is 5.57 Å². The third-order valence-corrected chi connectivity index (χ3v) is 3.41. The van der Waals surface area contributed by atoms with E-state index in [1.807, 2.05) is 13.8 Å². The molecule has 1 aliphatic carbocycles. The highest BCUT2D eigenvalue weighted by molar-refractivity contribution is 5.88. The number of amides is 2. The Morgan fingerprint density at radius 2 is 1.88 bits per heavy atom. The van der Waals surface area contributed by atoms with Crippen LogP contribution in [0.1, 0.15) is 27.7 Å². The van der Waals surface area contributed by atoms with Crippen molar-refractivity contribution in [2.24, 2.45) is 17.3 Å². The molecule has 0 aromatic heterocycles. The molecule has 0 aromatic carbocycles. The van der Waals surface area contributed by atoms with Gasteiger partial charge in [0.25, 0.3) is 0 Å². The Hall–Kier alpha value is -1.32. The van der Waals surface area contributed by atoms with E-state index >= 15 is 0 Å². The van der Waals surface area contributed by atoms with Crippen molar-refractivity contribution in [2.45, 2.75) is 27.7 Å². The summed E-state index contributed by atoms with van der Waals surface area (Å²) in [6, 6.07) is 0. The SMILES string of the molecule is CNC(=O)CNC(=O)[C@@H]1[C@@H](C=C(C)C)C1(C)C. The molecule has 2 amide bonds. The molecule has 4 heteroatoms. The van der Waals surface area contributed by atoms with E-state index in [0.717, 1.165) is 0 Å². The second-order valence-corrected chi connectivity index (χ2v) is 5.46. The molecule has 1 fully saturated rings. The van der Waals surface area contributed by atoms with Gasteiger partial charge in [0.05, 0.1) is 12.5 Å². The molecule has 2 N–H and O–H groups in total. The minimum Gasteiger partial charge on any atom is -0.358 e. The topological polar surface area (TPSA) is 58.2 Å². The number of hydrogen-bond acceptors (Lipinski definition) is 2. The van der Waals surface area contributed by atoms with E-state index < -0.39 is 0 Å². The Bertz CT molecular complexity index is 354. The van der Waals surface area contributed by atoms with Crippen molar-refractivity contribution in [2.75, 3.05) is 13.6 Å². The lowest BCUT2D eigenvalue weighted by atomic mass is 10.1. The molecule has 0 radical (unpaired) electrons. The van der Waals surface area contributed by atoms with Gasteiger partial charge in [0.2, 0.25) is 11.8 Å². The molecule has 1 saturated carbocycles. The molecule has 4 nitrogen and oxygen atoms in total. The van der Waals surface area contributed by atoms with Crippen LogP contribution in [0, 0.1) is 17.3 Å². The van der Waals surface area contributed by atoms with Crippen LogP contribution >= 0.6 is 0 Å². The number of rotatable bonds is 4. The van der Waals surface area contributed by atoms with Gasteiger partial charge in [-0.3, -0.25) is 9.59 Å². The minimum atomic E-state index is -0.171. The highest BCUT2D eigenvalue weighted by atomic mass is 16.2. The Labute approximate surface area is 103 Å². The summed E-state index contributed by atoms with van der Waals surface area (Å²) in [4.78, 5) is 23.0. The molecule has 1 rings (SSSR count). The predicted molar refractivity (Wildman–Crippen MR) is 67.3 cm³/mol. The Kier molecular flexibility index (Phi) is 3.96. The lowest BCUT2D eigenvalue weighted by Crippen LogP contribution is -2.36. The van der Waals surface area contributed by atoms with Gasteiger partial charge in [0, 0.05) is 7.05 Å². The molecular weight excluding hydrogens is 216 g/mol. The summed E-state index contributed by atoms with van der Waals surface area (Å²) in [5.74, 6) is 0.0796. The molecule has 0 spiro atoms. The lowest BCUT2D eigenvalue weighted by molar-refractivity contribution is -0.127. The fourth-order valence-corrected chi connectivity index (χ4v) is 2.21. The second-order valence-electron chi connectivity index (χ2n) is 5.46. The van der Waals surface area contributed by atoms with E-state index in [1.54, 1.807) is 7.05 Å². The maximum Gasteiger partial charge on any atom is 0.239 e. The predicted octanol–water partition coefficient (Wildman–Crippen LogP) is 1.09. The zero-order chi connectivity index (χ0) is 13.2. The van der Waals surface area contributed by atoms with Crippen molar-refractivity contribution in [3.8, 4) is 0 Å². The average molecular weight is 238 g/mol. The highest BCUT2D eigenvalue weighted by Gasteiger charge is 2.60. The monoisotopic (exact) mass is 238 g/mol. The number of carbonyl (C=O) groups excluding carboxylic acids is 2. The molecular formula is C13H22N2O2. The summed E-state index contributed by atoms with van der Waals surface area (Å²) in [5, 5.41) is 5.15. The number of nitrogens with one attached hydrogen (secondary N) is 2. The normalized spacial score (nSPS) is 24.8. The molecule has 0 heterocycles. The van der Waals surface area contributed by atoms with Gasteiger partial charge in [-0.15, -0.1) is 0 Å². The maximum absolute atomic E-state index is 11.9. The van der Waals surface area contributed by atoms with Gasteiger partial charge < -0.3 is 10.6 Å². The van der Waals surface area contributed by atoms with E-state index in [9.17, 15) is 9.59 Å². The first-order valence-electron chi connectivity index (χ1n) is 5.94. The fourth-order valence-electron chi connectivity index (χ4n) is 2.21. The molecule has 0 bridgehead atoms. The molecule has 1 aliphatic rings. The summed E-state index contributed by atoms with van der Waals surface area (Å²) >= 11 is 0. The third kappa shape index (κ3) is 3.08. The average Bonchev–Trinajstić information content (AvgIpc) is 2.75. The van der Waals surface area contributed by atoms with Gasteiger partial charge in [0.1, 0.15) is 0 Å². The van der Waals surface area contributed by atoms with Crippen molar-refractivity contribution < 1.29 is 9.59 Å². The zero-order valence-corrected chi connectivity index (χ0v) is 11.3. The van der Waals surface area contributed by atoms with Gasteiger partial charge in [-0.1, -0.05) is 25.5 Å². The van der Waals surface area contributed by atoms with Crippen molar-refractivity contribution in [3.63, 3.8) is 0 Å². The van der Waals surface area contributed by atoms with Gasteiger partial charge in [-0.25, -0.2) is 0 Å². The molecule has 0 aliphatic heterocycles. The molecule has 0 unspecified atom stereocenters. The quantitative estimate of drug-likeness (QED) is 0.720. The van der Waals surface area contributed by atoms with Gasteiger partial charge >= 0.3 is 0 Å². The Morgan fingerprint density at radius 3 is 2.35 bits per heavy atom. The maximum atomic E-state index is 11.9. The first-order valence-corrected chi connectivity index (χ1v) is 5.94. The standard InChI is InChI=1S/C13H22N2O2/c1-8(2)6-9-11(13(9,3)4)12(17)15-7-10(16)14-5/h6,9,11H,7H2,1-5H3,(H,14,16)(H,15,17)/t9-,11+/m1/s1. The van der Waals surface area contributed by atoms with Crippen LogP contribution < -0.4 is 10.6 Å². The summed E-state index contributed by atoms with van der Waals surface area (Å²) in [6.45, 7) is 8.30. The first kappa shape index (κ1) is 13.7. The van der Waals surface area contributed by atoms with Crippen LogP contribution in [0.4, 0.5) is 0 Å². The lowest BCUT2D eigenvalue weighted by Gasteiger charge is -2.04. The van der Waals surface area contributed by atoms with Crippen LogP contribution in [0.5, 0.6) is 0 Å². The van der Waals surface area contributed by atoms with Gasteiger partial charge in [0.15, 0.2) is 0 Å². The minimum absolute atomic E-state index is 0.00401. The van der Waals surface area contributed by atoms with E-state index in [4.69, 9.17) is 0 Å². The smallest absolute Gasteiger partial charge is 0.239 e. The number of carbonyl (C=O) groups is 2. The number of likely N-dealkylation sites (N-methyl/N-ethyl adjacent to an activating group) is 1. The van der Waals surface area contributed by atoms with Crippen LogP contribution in [-0.2, 0) is 9.59 Å². The molecule has 0 aromatic rings. The van der Waals surface area contributed by atoms with Crippen molar-refractivity contribution in [1.29, 1.82) is 0 Å². The van der Waals surface area contributed by atoms with E-state index in [2.05, 4.69) is 30.6 Å². The Balaban J connectivity index is 2.54. The molecule has 0 saturated heterocycles. The molecule has 96 valence electrons. The van der Waals surface area contributed by atoms with Crippen molar-refractivity contribution in [3.05, 3.63) is 11.6 Å². The summed E-state index contributed by atoms with van der Waals surface area (Å²) in [6.07, 6.45) is 2.14. The summed E-state index contributed by atoms with van der Waals surface area (Å²) in [5.41, 5.74) is 1.23. The second kappa shape index (κ2) is 4.90. The van der Waals surface area contributed by atoms with Crippen LogP contribution in [0.15, 0.2) is 11.6 Å². The fraction of sp³-hybridized carbons (Fsp3) is 0.692. The van der Waals surface area contributed by atoms with E-state index in [-0.39, 0.29) is 35.6 Å². The third-order valence-electron chi connectivity index (χ3n) is 3.41. The summed E-state index contributed by atoms with van der Waals surface area (Å²) < 4.78 is 0. The van der Waals surface area contributed by atoms with Crippen LogP contribution in [0.2, 0.25) is 0 Å². The highest BCUT2D eigenvalue weighted by Crippen LogP contribution is 2.59. The molecule has 17 heavy (non-hydrogen) atoms. The van der Waals surface area contributed by atoms with Crippen LogP contribution in [-0.4, -0.2) is 25.4 Å². The van der Waals surface area contributed by atoms with Gasteiger partial charge in [-0.2, -0.15) is 0 Å². The number of allylic oxidation sites excluding steroid dienone is 2. The zero-order valence-electron chi connectivity index (χ0n) is 11.3. The largest absolute Gasteiger partial charge is 0.358 e. The Morgan fingerprint density at radius 1 is 1.29 bits per heavy atom. The molecule has 2 atom stereocenters. The van der Waals surface area contributed by atoms with E-state index in [0.29, 0.717) is 0 Å².